The van der Waals surface area contributed by atoms with Crippen LogP contribution >= 0.6 is 0 Å². The van der Waals surface area contributed by atoms with Gasteiger partial charge in [-0.15, -0.1) is 0 Å². The number of fused-ring (bicyclic) bond motifs is 1. The number of methoxy groups -OCH3 is 1. The summed E-state index contributed by atoms with van der Waals surface area (Å²) in [5, 5.41) is 3.36. The Bertz CT molecular complexity index is 102. The van der Waals surface area contributed by atoms with E-state index in [9.17, 15) is 0 Å². The molecule has 2 nitrogen and oxygen atoms in total. The van der Waals surface area contributed by atoms with Crippen LogP contribution in [0.25, 0.3) is 0 Å². The summed E-state index contributed by atoms with van der Waals surface area (Å²) in [7, 11) is 1.81. The highest BCUT2D eigenvalue weighted by Crippen LogP contribution is 2.40. The topological polar surface area (TPSA) is 21.3 Å². The highest BCUT2D eigenvalue weighted by atomic mass is 16.5. The van der Waals surface area contributed by atoms with Gasteiger partial charge in [0.2, 0.25) is 0 Å². The van der Waals surface area contributed by atoms with Crippen LogP contribution in [-0.4, -0.2) is 25.3 Å². The zero-order chi connectivity index (χ0) is 5.61. The molecule has 0 aromatic heterocycles. The molecule has 2 aliphatic heterocycles. The average Bonchev–Trinajstić information content (AvgIpc) is 2.17. The molecule has 3 rings (SSSR count). The fraction of sp³-hybridized carbons (Fsp3) is 1.00. The Balaban J connectivity index is 2.09. The fourth-order valence-electron chi connectivity index (χ4n) is 1.70. The molecule has 1 saturated carbocycles. The van der Waals surface area contributed by atoms with E-state index in [1.54, 1.807) is 0 Å². The number of hydrogen-bond acceptors (Lipinski definition) is 2. The van der Waals surface area contributed by atoms with Crippen molar-refractivity contribution < 1.29 is 4.74 Å². The van der Waals surface area contributed by atoms with Crippen molar-refractivity contribution >= 4 is 0 Å². The van der Waals surface area contributed by atoms with Gasteiger partial charge in [0, 0.05) is 19.7 Å². The van der Waals surface area contributed by atoms with Crippen LogP contribution in [0.5, 0.6) is 0 Å². The fourth-order valence-corrected chi connectivity index (χ4v) is 1.70. The lowest BCUT2D eigenvalue weighted by Gasteiger charge is -2.35. The first-order valence-corrected chi connectivity index (χ1v) is 3.13. The minimum Gasteiger partial charge on any atom is -0.377 e. The lowest BCUT2D eigenvalue weighted by atomic mass is 9.81. The predicted octanol–water partition coefficient (Wildman–Crippen LogP) is 0.137. The van der Waals surface area contributed by atoms with Gasteiger partial charge in [0.15, 0.2) is 0 Å². The Morgan fingerprint density at radius 3 is 2.62 bits per heavy atom. The van der Waals surface area contributed by atoms with Crippen molar-refractivity contribution in [1.82, 2.24) is 5.32 Å². The molecule has 3 aliphatic rings. The minimum absolute atomic E-state index is 0.269. The highest BCUT2D eigenvalue weighted by Gasteiger charge is 2.50. The largest absolute Gasteiger partial charge is 0.377 e. The second-order valence-corrected chi connectivity index (χ2v) is 2.87. The van der Waals surface area contributed by atoms with Crippen LogP contribution in [0.1, 0.15) is 12.8 Å². The van der Waals surface area contributed by atoms with Gasteiger partial charge >= 0.3 is 0 Å². The maximum absolute atomic E-state index is 5.30. The second-order valence-electron chi connectivity index (χ2n) is 2.87. The first-order valence-electron chi connectivity index (χ1n) is 3.13. The Hall–Kier alpha value is -0.0800. The Labute approximate surface area is 49.2 Å². The lowest BCUT2D eigenvalue weighted by Crippen LogP contribution is -2.41. The molecule has 8 heavy (non-hydrogen) atoms. The number of hydrogen-bond donors (Lipinski definition) is 1. The summed E-state index contributed by atoms with van der Waals surface area (Å²) in [5.74, 6) is 0. The molecule has 1 N–H and O–H groups in total. The standard InChI is InChI=1S/C6H11NO/c1-8-6-2-5(3-6)7-4-6/h5,7H,2-4H2,1H3. The quantitative estimate of drug-likeness (QED) is 0.522. The first kappa shape index (κ1) is 4.77. The van der Waals surface area contributed by atoms with E-state index in [1.165, 1.54) is 12.8 Å². The van der Waals surface area contributed by atoms with Crippen molar-refractivity contribution in [2.75, 3.05) is 13.7 Å². The molecule has 0 unspecified atom stereocenters. The molecule has 0 aromatic rings. The van der Waals surface area contributed by atoms with Crippen molar-refractivity contribution in [1.29, 1.82) is 0 Å². The van der Waals surface area contributed by atoms with Crippen molar-refractivity contribution in [2.24, 2.45) is 0 Å². The predicted molar refractivity (Wildman–Crippen MR) is 30.8 cm³/mol. The van der Waals surface area contributed by atoms with Crippen LogP contribution < -0.4 is 5.32 Å². The van der Waals surface area contributed by atoms with Gasteiger partial charge in [-0.2, -0.15) is 0 Å². The molecule has 0 radical (unpaired) electrons. The maximum atomic E-state index is 5.30. The zero-order valence-corrected chi connectivity index (χ0v) is 5.11. The molecule has 2 bridgehead atoms. The van der Waals surface area contributed by atoms with E-state index in [0.29, 0.717) is 0 Å². The lowest BCUT2D eigenvalue weighted by molar-refractivity contribution is -0.0362. The molecule has 2 heterocycles. The van der Waals surface area contributed by atoms with Crippen molar-refractivity contribution in [2.45, 2.75) is 24.5 Å². The summed E-state index contributed by atoms with van der Waals surface area (Å²) in [6, 6.07) is 0.787. The van der Waals surface area contributed by atoms with Gasteiger partial charge in [-0.05, 0) is 12.8 Å². The van der Waals surface area contributed by atoms with Crippen molar-refractivity contribution in [3.8, 4) is 0 Å². The van der Waals surface area contributed by atoms with Gasteiger partial charge in [0.25, 0.3) is 0 Å². The molecule has 2 heteroatoms. The van der Waals surface area contributed by atoms with Crippen molar-refractivity contribution in [3.63, 3.8) is 0 Å². The number of ether oxygens (including phenoxy) is 1. The monoisotopic (exact) mass is 113 g/mol. The summed E-state index contributed by atoms with van der Waals surface area (Å²) >= 11 is 0. The molecule has 46 valence electrons. The summed E-state index contributed by atoms with van der Waals surface area (Å²) in [6.07, 6.45) is 2.48. The van der Waals surface area contributed by atoms with Gasteiger partial charge in [-0.1, -0.05) is 0 Å². The van der Waals surface area contributed by atoms with Crippen molar-refractivity contribution in [3.05, 3.63) is 0 Å². The molecular formula is C6H11NO. The third kappa shape index (κ3) is 0.400. The summed E-state index contributed by atoms with van der Waals surface area (Å²) in [4.78, 5) is 0. The summed E-state index contributed by atoms with van der Waals surface area (Å²) in [6.45, 7) is 1.08. The van der Waals surface area contributed by atoms with Crippen LogP contribution in [0.4, 0.5) is 0 Å². The molecule has 0 aromatic carbocycles. The zero-order valence-electron chi connectivity index (χ0n) is 5.11. The molecular weight excluding hydrogens is 102 g/mol. The van der Waals surface area contributed by atoms with E-state index in [2.05, 4.69) is 5.32 Å². The third-order valence-electron chi connectivity index (χ3n) is 2.38. The molecule has 0 spiro atoms. The molecule has 3 fully saturated rings. The smallest absolute Gasteiger partial charge is 0.0832 e. The SMILES string of the molecule is COC12CNC(C1)C2. The van der Waals surface area contributed by atoms with E-state index in [-0.39, 0.29) is 5.60 Å². The van der Waals surface area contributed by atoms with Crippen LogP contribution in [0, 0.1) is 0 Å². The van der Waals surface area contributed by atoms with E-state index in [0.717, 1.165) is 12.6 Å². The maximum Gasteiger partial charge on any atom is 0.0832 e. The van der Waals surface area contributed by atoms with Gasteiger partial charge in [0.1, 0.15) is 0 Å². The third-order valence-corrected chi connectivity index (χ3v) is 2.38. The highest BCUT2D eigenvalue weighted by molar-refractivity contribution is 5.08. The van der Waals surface area contributed by atoms with E-state index < -0.39 is 0 Å². The average molecular weight is 113 g/mol. The van der Waals surface area contributed by atoms with E-state index >= 15 is 0 Å². The van der Waals surface area contributed by atoms with Gasteiger partial charge in [-0.3, -0.25) is 0 Å². The van der Waals surface area contributed by atoms with Crippen LogP contribution in [0.15, 0.2) is 0 Å². The molecule has 0 atom stereocenters. The number of rotatable bonds is 1. The van der Waals surface area contributed by atoms with Gasteiger partial charge in [0.05, 0.1) is 5.60 Å². The molecule has 2 saturated heterocycles. The summed E-state index contributed by atoms with van der Waals surface area (Å²) < 4.78 is 5.30. The summed E-state index contributed by atoms with van der Waals surface area (Å²) in [5.41, 5.74) is 0.269. The normalized spacial score (nSPS) is 51.4. The van der Waals surface area contributed by atoms with Crippen LogP contribution in [0.3, 0.4) is 0 Å². The minimum atomic E-state index is 0.269. The van der Waals surface area contributed by atoms with Crippen LogP contribution in [0.2, 0.25) is 0 Å². The van der Waals surface area contributed by atoms with E-state index in [4.69, 9.17) is 4.74 Å². The molecule has 1 aliphatic carbocycles. The molecule has 0 amide bonds. The first-order chi connectivity index (χ1) is 3.85. The van der Waals surface area contributed by atoms with Gasteiger partial charge in [-0.25, -0.2) is 0 Å². The number of nitrogens with one attached hydrogen (secondary N) is 1. The Morgan fingerprint density at radius 1 is 1.62 bits per heavy atom. The Kier molecular flexibility index (Phi) is 0.746. The second kappa shape index (κ2) is 1.25. The van der Waals surface area contributed by atoms with E-state index in [1.807, 2.05) is 7.11 Å². The Morgan fingerprint density at radius 2 is 2.38 bits per heavy atom. The van der Waals surface area contributed by atoms with Crippen LogP contribution in [-0.2, 0) is 4.74 Å². The van der Waals surface area contributed by atoms with Gasteiger partial charge < -0.3 is 10.1 Å².